The Labute approximate surface area is 171 Å². The van der Waals surface area contributed by atoms with Gasteiger partial charge in [-0.05, 0) is 49.1 Å². The Morgan fingerprint density at radius 2 is 1.93 bits per heavy atom. The molecule has 148 valence electrons. The van der Waals surface area contributed by atoms with Gasteiger partial charge in [0.2, 0.25) is 11.8 Å². The fourth-order valence-corrected chi connectivity index (χ4v) is 3.62. The van der Waals surface area contributed by atoms with E-state index in [0.29, 0.717) is 23.8 Å². The van der Waals surface area contributed by atoms with Gasteiger partial charge in [0.25, 0.3) is 0 Å². The summed E-state index contributed by atoms with van der Waals surface area (Å²) in [5, 5.41) is 3.42. The van der Waals surface area contributed by atoms with E-state index in [-0.39, 0.29) is 18.4 Å². The number of aryl methyl sites for hydroxylation is 1. The van der Waals surface area contributed by atoms with E-state index in [2.05, 4.69) is 28.4 Å². The van der Waals surface area contributed by atoms with Crippen molar-refractivity contribution in [2.45, 2.75) is 26.8 Å². The lowest BCUT2D eigenvalue weighted by molar-refractivity contribution is -0.135. The van der Waals surface area contributed by atoms with Gasteiger partial charge in [0, 0.05) is 30.3 Å². The maximum atomic E-state index is 12.7. The lowest BCUT2D eigenvalue weighted by Crippen LogP contribution is -2.44. The van der Waals surface area contributed by atoms with E-state index in [0.717, 1.165) is 25.1 Å². The third kappa shape index (κ3) is 5.12. The van der Waals surface area contributed by atoms with Crippen LogP contribution in [0.2, 0.25) is 5.02 Å². The lowest BCUT2D eigenvalue weighted by Gasteiger charge is -2.30. The van der Waals surface area contributed by atoms with Crippen LogP contribution in [0.5, 0.6) is 0 Å². The number of carbonyl (C=O) groups is 2. The lowest BCUT2D eigenvalue weighted by atomic mass is 10.00. The summed E-state index contributed by atoms with van der Waals surface area (Å²) in [5.41, 5.74) is 4.24. The largest absolute Gasteiger partial charge is 0.333 e. The van der Waals surface area contributed by atoms with Gasteiger partial charge in [0.1, 0.15) is 0 Å². The van der Waals surface area contributed by atoms with E-state index in [1.54, 1.807) is 17.0 Å². The molecule has 1 heterocycles. The van der Waals surface area contributed by atoms with Crippen LogP contribution < -0.4 is 5.32 Å². The third-order valence-electron chi connectivity index (χ3n) is 5.11. The van der Waals surface area contributed by atoms with Gasteiger partial charge < -0.3 is 10.2 Å². The molecule has 0 saturated carbocycles. The number of anilines is 1. The summed E-state index contributed by atoms with van der Waals surface area (Å²) in [5.74, 6) is -0.246. The van der Waals surface area contributed by atoms with Gasteiger partial charge >= 0.3 is 0 Å². The minimum absolute atomic E-state index is 0.0279. The average molecular weight is 400 g/mol. The van der Waals surface area contributed by atoms with Gasteiger partial charge in [0.15, 0.2) is 0 Å². The molecule has 0 saturated heterocycles. The zero-order chi connectivity index (χ0) is 20.1. The molecule has 0 unspecified atom stereocenters. The zero-order valence-electron chi connectivity index (χ0n) is 16.4. The Balaban J connectivity index is 1.56. The smallest absolute Gasteiger partial charge is 0.244 e. The molecule has 2 aromatic rings. The summed E-state index contributed by atoms with van der Waals surface area (Å²) in [4.78, 5) is 28.9. The molecule has 1 N–H and O–H groups in total. The third-order valence-corrected chi connectivity index (χ3v) is 5.35. The van der Waals surface area contributed by atoms with Gasteiger partial charge in [-0.3, -0.25) is 14.5 Å². The first-order valence-electron chi connectivity index (χ1n) is 9.59. The molecular formula is C22H26ClN3O2. The van der Waals surface area contributed by atoms with Crippen molar-refractivity contribution in [3.63, 3.8) is 0 Å². The standard InChI is InChI=1S/C22H26ClN3O2/c1-3-26(14-21(27)24-20-12-19(23)9-8-16(20)2)22(28)15-25-11-10-17-6-4-5-7-18(17)13-25/h4-9,12H,3,10-11,13-15H2,1-2H3,(H,24,27). The maximum absolute atomic E-state index is 12.7. The molecule has 0 fully saturated rings. The minimum atomic E-state index is -0.218. The van der Waals surface area contributed by atoms with Crippen molar-refractivity contribution in [1.82, 2.24) is 9.80 Å². The number of carbonyl (C=O) groups excluding carboxylic acids is 2. The summed E-state index contributed by atoms with van der Waals surface area (Å²) >= 11 is 6.01. The van der Waals surface area contributed by atoms with Gasteiger partial charge in [0.05, 0.1) is 13.1 Å². The molecule has 0 atom stereocenters. The molecule has 1 aliphatic rings. The monoisotopic (exact) mass is 399 g/mol. The van der Waals surface area contributed by atoms with E-state index < -0.39 is 0 Å². The van der Waals surface area contributed by atoms with Crippen molar-refractivity contribution in [1.29, 1.82) is 0 Å². The van der Waals surface area contributed by atoms with Crippen molar-refractivity contribution in [2.75, 3.05) is 31.5 Å². The zero-order valence-corrected chi connectivity index (χ0v) is 17.1. The van der Waals surface area contributed by atoms with Crippen LogP contribution in [0.3, 0.4) is 0 Å². The second-order valence-corrected chi connectivity index (χ2v) is 7.58. The molecule has 1 aliphatic heterocycles. The Hall–Kier alpha value is -2.37. The van der Waals surface area contributed by atoms with Crippen LogP contribution in [0.25, 0.3) is 0 Å². The number of nitrogens with zero attached hydrogens (tertiary/aromatic N) is 2. The molecule has 0 spiro atoms. The molecule has 0 aliphatic carbocycles. The predicted octanol–water partition coefficient (Wildman–Crippen LogP) is 3.49. The summed E-state index contributed by atoms with van der Waals surface area (Å²) in [6, 6.07) is 13.7. The predicted molar refractivity (Wildman–Crippen MR) is 112 cm³/mol. The number of hydrogen-bond donors (Lipinski definition) is 1. The fraction of sp³-hybridized carbons (Fsp3) is 0.364. The quantitative estimate of drug-likeness (QED) is 0.808. The second kappa shape index (κ2) is 9.22. The highest BCUT2D eigenvalue weighted by Crippen LogP contribution is 2.20. The van der Waals surface area contributed by atoms with Crippen LogP contribution in [0.1, 0.15) is 23.6 Å². The van der Waals surface area contributed by atoms with Gasteiger partial charge in [-0.1, -0.05) is 41.9 Å². The van der Waals surface area contributed by atoms with Crippen LogP contribution in [0.4, 0.5) is 5.69 Å². The molecule has 5 nitrogen and oxygen atoms in total. The van der Waals surface area contributed by atoms with Crippen LogP contribution in [0.15, 0.2) is 42.5 Å². The number of halogens is 1. The van der Waals surface area contributed by atoms with Crippen molar-refractivity contribution in [2.24, 2.45) is 0 Å². The first-order valence-corrected chi connectivity index (χ1v) is 9.97. The molecule has 6 heteroatoms. The number of likely N-dealkylation sites (N-methyl/N-ethyl adjacent to an activating group) is 1. The van der Waals surface area contributed by atoms with E-state index in [1.165, 1.54) is 11.1 Å². The Morgan fingerprint density at radius 3 is 2.68 bits per heavy atom. The summed E-state index contributed by atoms with van der Waals surface area (Å²) in [7, 11) is 0. The summed E-state index contributed by atoms with van der Waals surface area (Å²) in [6.07, 6.45) is 0.949. The Kier molecular flexibility index (Phi) is 6.70. The van der Waals surface area contributed by atoms with E-state index >= 15 is 0 Å². The van der Waals surface area contributed by atoms with Gasteiger partial charge in [-0.25, -0.2) is 0 Å². The molecular weight excluding hydrogens is 374 g/mol. The normalized spacial score (nSPS) is 13.7. The number of rotatable bonds is 6. The fourth-order valence-electron chi connectivity index (χ4n) is 3.45. The number of benzene rings is 2. The van der Waals surface area contributed by atoms with Crippen molar-refractivity contribution in [3.8, 4) is 0 Å². The number of fused-ring (bicyclic) bond motifs is 1. The van der Waals surface area contributed by atoms with Crippen LogP contribution >= 0.6 is 11.6 Å². The summed E-state index contributed by atoms with van der Waals surface area (Å²) < 4.78 is 0. The first kappa shape index (κ1) is 20.4. The highest BCUT2D eigenvalue weighted by Gasteiger charge is 2.22. The van der Waals surface area contributed by atoms with Crippen LogP contribution in [-0.4, -0.2) is 47.8 Å². The highest BCUT2D eigenvalue weighted by molar-refractivity contribution is 6.31. The molecule has 28 heavy (non-hydrogen) atoms. The van der Waals surface area contributed by atoms with Crippen molar-refractivity contribution >= 4 is 29.1 Å². The number of hydrogen-bond acceptors (Lipinski definition) is 3. The molecule has 0 bridgehead atoms. The molecule has 3 rings (SSSR count). The topological polar surface area (TPSA) is 52.7 Å². The molecule has 2 amide bonds. The maximum Gasteiger partial charge on any atom is 0.244 e. The van der Waals surface area contributed by atoms with Crippen molar-refractivity contribution < 1.29 is 9.59 Å². The second-order valence-electron chi connectivity index (χ2n) is 7.14. The number of amides is 2. The SMILES string of the molecule is CCN(CC(=O)Nc1cc(Cl)ccc1C)C(=O)CN1CCc2ccccc2C1. The number of nitrogens with one attached hydrogen (secondary N) is 1. The minimum Gasteiger partial charge on any atom is -0.333 e. The Morgan fingerprint density at radius 1 is 1.18 bits per heavy atom. The Bertz CT molecular complexity index is 869. The molecule has 0 radical (unpaired) electrons. The first-order chi connectivity index (χ1) is 13.5. The van der Waals surface area contributed by atoms with Gasteiger partial charge in [-0.2, -0.15) is 0 Å². The van der Waals surface area contributed by atoms with E-state index in [1.807, 2.05) is 26.0 Å². The molecule has 0 aromatic heterocycles. The van der Waals surface area contributed by atoms with Crippen LogP contribution in [0, 0.1) is 6.92 Å². The van der Waals surface area contributed by atoms with Gasteiger partial charge in [-0.15, -0.1) is 0 Å². The summed E-state index contributed by atoms with van der Waals surface area (Å²) in [6.45, 7) is 6.27. The average Bonchev–Trinajstić information content (AvgIpc) is 2.68. The molecule has 2 aromatic carbocycles. The van der Waals surface area contributed by atoms with E-state index in [9.17, 15) is 9.59 Å². The highest BCUT2D eigenvalue weighted by atomic mass is 35.5. The van der Waals surface area contributed by atoms with Crippen LogP contribution in [-0.2, 0) is 22.6 Å². The van der Waals surface area contributed by atoms with E-state index in [4.69, 9.17) is 11.6 Å². The van der Waals surface area contributed by atoms with Crippen molar-refractivity contribution in [3.05, 3.63) is 64.2 Å².